The fourth-order valence-corrected chi connectivity index (χ4v) is 2.27. The molecular weight excluding hydrogens is 232 g/mol. The number of piperidine rings is 1. The molecule has 1 N–H and O–H groups in total. The molecule has 0 bridgehead atoms. The summed E-state index contributed by atoms with van der Waals surface area (Å²) in [6.07, 6.45) is 1.95. The second kappa shape index (κ2) is 5.95. The number of aromatic nitrogens is 2. The fourth-order valence-electron chi connectivity index (χ4n) is 2.27. The third-order valence-electron chi connectivity index (χ3n) is 3.22. The van der Waals surface area contributed by atoms with E-state index >= 15 is 0 Å². The molecule has 6 nitrogen and oxygen atoms in total. The van der Waals surface area contributed by atoms with Gasteiger partial charge in [0.2, 0.25) is 11.8 Å². The van der Waals surface area contributed by atoms with Crippen molar-refractivity contribution < 1.29 is 9.32 Å². The average Bonchev–Trinajstić information content (AvgIpc) is 2.77. The van der Waals surface area contributed by atoms with Crippen LogP contribution in [0.3, 0.4) is 0 Å². The molecule has 1 fully saturated rings. The van der Waals surface area contributed by atoms with Crippen molar-refractivity contribution in [2.24, 2.45) is 0 Å². The van der Waals surface area contributed by atoms with Gasteiger partial charge < -0.3 is 9.84 Å². The molecule has 2 heterocycles. The lowest BCUT2D eigenvalue weighted by molar-refractivity contribution is -0.122. The standard InChI is InChI=1S/C12H20N4O2/c1-3-13-11(17)8-16-6-4-10(5-7-16)12-14-9(2)15-18-12/h10H,3-8H2,1-2H3,(H,13,17). The minimum Gasteiger partial charge on any atom is -0.355 e. The lowest BCUT2D eigenvalue weighted by Gasteiger charge is -2.29. The summed E-state index contributed by atoms with van der Waals surface area (Å²) in [6, 6.07) is 0. The zero-order valence-electron chi connectivity index (χ0n) is 11.0. The topological polar surface area (TPSA) is 71.3 Å². The van der Waals surface area contributed by atoms with Gasteiger partial charge >= 0.3 is 0 Å². The quantitative estimate of drug-likeness (QED) is 0.853. The van der Waals surface area contributed by atoms with Crippen LogP contribution in [0.15, 0.2) is 4.52 Å². The summed E-state index contributed by atoms with van der Waals surface area (Å²) in [7, 11) is 0. The average molecular weight is 252 g/mol. The smallest absolute Gasteiger partial charge is 0.234 e. The molecule has 100 valence electrons. The Morgan fingerprint density at radius 1 is 1.50 bits per heavy atom. The van der Waals surface area contributed by atoms with Crippen LogP contribution in [0, 0.1) is 6.92 Å². The molecular formula is C12H20N4O2. The first-order valence-corrected chi connectivity index (χ1v) is 6.48. The molecule has 1 aromatic heterocycles. The molecule has 18 heavy (non-hydrogen) atoms. The highest BCUT2D eigenvalue weighted by molar-refractivity contribution is 5.77. The molecule has 1 saturated heterocycles. The van der Waals surface area contributed by atoms with Gasteiger partial charge in [-0.25, -0.2) is 0 Å². The number of carbonyl (C=O) groups excluding carboxylic acids is 1. The number of nitrogens with zero attached hydrogens (tertiary/aromatic N) is 3. The number of nitrogens with one attached hydrogen (secondary N) is 1. The van der Waals surface area contributed by atoms with Gasteiger partial charge in [0.25, 0.3) is 0 Å². The largest absolute Gasteiger partial charge is 0.355 e. The van der Waals surface area contributed by atoms with Crippen LogP contribution >= 0.6 is 0 Å². The molecule has 0 spiro atoms. The number of likely N-dealkylation sites (N-methyl/N-ethyl adjacent to an activating group) is 1. The first-order chi connectivity index (χ1) is 8.69. The van der Waals surface area contributed by atoms with E-state index in [4.69, 9.17) is 4.52 Å². The molecule has 0 aliphatic carbocycles. The lowest BCUT2D eigenvalue weighted by atomic mass is 9.97. The minimum atomic E-state index is 0.101. The summed E-state index contributed by atoms with van der Waals surface area (Å²) in [6.45, 7) is 6.76. The zero-order valence-corrected chi connectivity index (χ0v) is 11.0. The van der Waals surface area contributed by atoms with Crippen LogP contribution < -0.4 is 5.32 Å². The molecule has 1 aliphatic heterocycles. The molecule has 0 saturated carbocycles. The summed E-state index contributed by atoms with van der Waals surface area (Å²) >= 11 is 0. The van der Waals surface area contributed by atoms with Gasteiger partial charge in [-0.1, -0.05) is 5.16 Å². The highest BCUT2D eigenvalue weighted by Crippen LogP contribution is 2.26. The summed E-state index contributed by atoms with van der Waals surface area (Å²) in [4.78, 5) is 17.9. The van der Waals surface area contributed by atoms with Crippen molar-refractivity contribution in [2.45, 2.75) is 32.6 Å². The van der Waals surface area contributed by atoms with Crippen LogP contribution in [0.2, 0.25) is 0 Å². The highest BCUT2D eigenvalue weighted by atomic mass is 16.5. The van der Waals surface area contributed by atoms with Crippen molar-refractivity contribution >= 4 is 5.91 Å². The second-order valence-corrected chi connectivity index (χ2v) is 4.68. The van der Waals surface area contributed by atoms with E-state index in [9.17, 15) is 4.79 Å². The van der Waals surface area contributed by atoms with E-state index < -0.39 is 0 Å². The zero-order chi connectivity index (χ0) is 13.0. The Morgan fingerprint density at radius 2 is 2.22 bits per heavy atom. The Labute approximate surface area is 107 Å². The maximum absolute atomic E-state index is 11.5. The van der Waals surface area contributed by atoms with Crippen LogP contribution in [0.25, 0.3) is 0 Å². The first-order valence-electron chi connectivity index (χ1n) is 6.48. The van der Waals surface area contributed by atoms with Crippen molar-refractivity contribution in [3.8, 4) is 0 Å². The Hall–Kier alpha value is -1.43. The van der Waals surface area contributed by atoms with Crippen molar-refractivity contribution in [3.63, 3.8) is 0 Å². The fraction of sp³-hybridized carbons (Fsp3) is 0.750. The monoisotopic (exact) mass is 252 g/mol. The van der Waals surface area contributed by atoms with E-state index in [0.717, 1.165) is 31.8 Å². The molecule has 6 heteroatoms. The van der Waals surface area contributed by atoms with Crippen LogP contribution in [0.1, 0.15) is 37.4 Å². The summed E-state index contributed by atoms with van der Waals surface area (Å²) in [5.74, 6) is 1.88. The molecule has 0 unspecified atom stereocenters. The number of amides is 1. The summed E-state index contributed by atoms with van der Waals surface area (Å²) in [5.41, 5.74) is 0. The highest BCUT2D eigenvalue weighted by Gasteiger charge is 2.25. The van der Waals surface area contributed by atoms with Gasteiger partial charge in [-0.05, 0) is 39.8 Å². The SMILES string of the molecule is CCNC(=O)CN1CCC(c2nc(C)no2)CC1. The van der Waals surface area contributed by atoms with Gasteiger partial charge in [0.15, 0.2) is 5.82 Å². The first kappa shape index (κ1) is 13.0. The Kier molecular flexibility index (Phi) is 4.30. The third kappa shape index (κ3) is 3.29. The van der Waals surface area contributed by atoms with Crippen LogP contribution in [0.5, 0.6) is 0 Å². The Bertz CT molecular complexity index is 397. The number of aryl methyl sites for hydroxylation is 1. The van der Waals surface area contributed by atoms with Gasteiger partial charge in [-0.15, -0.1) is 0 Å². The molecule has 1 aliphatic rings. The van der Waals surface area contributed by atoms with E-state index in [0.29, 0.717) is 24.8 Å². The van der Waals surface area contributed by atoms with Crippen molar-refractivity contribution in [1.82, 2.24) is 20.4 Å². The molecule has 0 atom stereocenters. The molecule has 0 radical (unpaired) electrons. The number of likely N-dealkylation sites (tertiary alicyclic amines) is 1. The van der Waals surface area contributed by atoms with Crippen LogP contribution in [0.4, 0.5) is 0 Å². The number of hydrogen-bond donors (Lipinski definition) is 1. The van der Waals surface area contributed by atoms with Crippen molar-refractivity contribution in [1.29, 1.82) is 0 Å². The molecule has 2 rings (SSSR count). The van der Waals surface area contributed by atoms with Gasteiger partial charge in [0.05, 0.1) is 6.54 Å². The maximum Gasteiger partial charge on any atom is 0.234 e. The van der Waals surface area contributed by atoms with Gasteiger partial charge in [0.1, 0.15) is 0 Å². The van der Waals surface area contributed by atoms with Gasteiger partial charge in [0, 0.05) is 12.5 Å². The van der Waals surface area contributed by atoms with Crippen LogP contribution in [-0.4, -0.2) is 47.1 Å². The Balaban J connectivity index is 1.79. The van der Waals surface area contributed by atoms with Gasteiger partial charge in [-0.2, -0.15) is 4.98 Å². The van der Waals surface area contributed by atoms with E-state index in [1.807, 2.05) is 13.8 Å². The van der Waals surface area contributed by atoms with Crippen molar-refractivity contribution in [3.05, 3.63) is 11.7 Å². The van der Waals surface area contributed by atoms with Crippen molar-refractivity contribution in [2.75, 3.05) is 26.2 Å². The van der Waals surface area contributed by atoms with Gasteiger partial charge in [-0.3, -0.25) is 9.69 Å². The lowest BCUT2D eigenvalue weighted by Crippen LogP contribution is -2.41. The normalized spacial score (nSPS) is 17.9. The molecule has 0 aromatic carbocycles. The van der Waals surface area contributed by atoms with E-state index in [2.05, 4.69) is 20.4 Å². The third-order valence-corrected chi connectivity index (χ3v) is 3.22. The number of rotatable bonds is 4. The maximum atomic E-state index is 11.5. The summed E-state index contributed by atoms with van der Waals surface area (Å²) in [5, 5.41) is 6.64. The predicted octanol–water partition coefficient (Wildman–Crippen LogP) is 0.694. The minimum absolute atomic E-state index is 0.101. The molecule has 1 amide bonds. The van der Waals surface area contributed by atoms with Crippen LogP contribution in [-0.2, 0) is 4.79 Å². The number of hydrogen-bond acceptors (Lipinski definition) is 5. The number of carbonyl (C=O) groups is 1. The second-order valence-electron chi connectivity index (χ2n) is 4.68. The Morgan fingerprint density at radius 3 is 2.78 bits per heavy atom. The molecule has 1 aromatic rings. The van der Waals surface area contributed by atoms with E-state index in [1.54, 1.807) is 0 Å². The van der Waals surface area contributed by atoms with E-state index in [-0.39, 0.29) is 5.91 Å². The van der Waals surface area contributed by atoms with E-state index in [1.165, 1.54) is 0 Å². The predicted molar refractivity (Wildman–Crippen MR) is 66.1 cm³/mol. The summed E-state index contributed by atoms with van der Waals surface area (Å²) < 4.78 is 5.20.